The molecule has 0 saturated carbocycles. The molecule has 0 aliphatic carbocycles. The smallest absolute Gasteiger partial charge is 0.260 e. The molecule has 2 rings (SSSR count). The Kier molecular flexibility index (Phi) is 6.38. The molecule has 1 amide bonds. The van der Waals surface area contributed by atoms with Crippen LogP contribution in [0.5, 0.6) is 5.75 Å². The highest BCUT2D eigenvalue weighted by Crippen LogP contribution is 2.15. The largest absolute Gasteiger partial charge is 0.483 e. The van der Waals surface area contributed by atoms with Gasteiger partial charge in [-0.15, -0.1) is 9.24 Å². The van der Waals surface area contributed by atoms with E-state index < -0.39 is 10.0 Å². The molecule has 0 radical (unpaired) electrons. The Labute approximate surface area is 145 Å². The van der Waals surface area contributed by atoms with Crippen LogP contribution in [-0.4, -0.2) is 45.0 Å². The number of ether oxygens (including phenoxy) is 1. The molecule has 0 spiro atoms. The highest BCUT2D eigenvalue weighted by atomic mass is 32.2. The molecule has 0 aromatic heterocycles. The van der Waals surface area contributed by atoms with Crippen molar-refractivity contribution in [2.45, 2.75) is 25.8 Å². The predicted molar refractivity (Wildman–Crippen MR) is 97.9 cm³/mol. The van der Waals surface area contributed by atoms with Crippen molar-refractivity contribution in [2.24, 2.45) is 0 Å². The maximum Gasteiger partial charge on any atom is 0.260 e. The van der Waals surface area contributed by atoms with Crippen LogP contribution in [0.25, 0.3) is 0 Å². The van der Waals surface area contributed by atoms with E-state index in [2.05, 4.69) is 20.5 Å². The van der Waals surface area contributed by atoms with Crippen molar-refractivity contribution in [1.82, 2.24) is 9.62 Å². The van der Waals surface area contributed by atoms with Gasteiger partial charge in [0.2, 0.25) is 10.0 Å². The van der Waals surface area contributed by atoms with Gasteiger partial charge in [0.25, 0.3) is 5.91 Å². The number of hydrogen-bond acceptors (Lipinski definition) is 4. The quantitative estimate of drug-likeness (QED) is 0.756. The second-order valence-corrected chi connectivity index (χ2v) is 8.10. The monoisotopic (exact) mass is 370 g/mol. The van der Waals surface area contributed by atoms with Crippen molar-refractivity contribution in [3.8, 4) is 5.75 Å². The van der Waals surface area contributed by atoms with E-state index >= 15 is 0 Å². The number of benzene rings is 1. The second-order valence-electron chi connectivity index (χ2n) is 5.81. The zero-order valence-electron chi connectivity index (χ0n) is 13.7. The van der Waals surface area contributed by atoms with E-state index in [-0.39, 0.29) is 18.6 Å². The fourth-order valence-electron chi connectivity index (χ4n) is 2.56. The van der Waals surface area contributed by atoms with Gasteiger partial charge in [-0.25, -0.2) is 13.1 Å². The zero-order chi connectivity index (χ0) is 17.7. The van der Waals surface area contributed by atoms with Gasteiger partial charge in [0.05, 0.1) is 0 Å². The molecule has 0 bridgehead atoms. The number of nitrogens with one attached hydrogen (secondary N) is 1. The van der Waals surface area contributed by atoms with Gasteiger partial charge in [-0.1, -0.05) is 18.2 Å². The SMILES string of the molecule is C=CS(=O)(=O)NC1CCN(C(=O)COc2ccc(C)cc2P)CC1. The Morgan fingerprint density at radius 2 is 2.12 bits per heavy atom. The van der Waals surface area contributed by atoms with Crippen molar-refractivity contribution in [2.75, 3.05) is 19.7 Å². The van der Waals surface area contributed by atoms with Gasteiger partial charge < -0.3 is 9.64 Å². The first-order valence-electron chi connectivity index (χ1n) is 7.72. The normalized spacial score (nSPS) is 16.0. The predicted octanol–water partition coefficient (Wildman–Crippen LogP) is 0.928. The van der Waals surface area contributed by atoms with Crippen LogP contribution in [-0.2, 0) is 14.8 Å². The van der Waals surface area contributed by atoms with Crippen LogP contribution >= 0.6 is 9.24 Å². The summed E-state index contributed by atoms with van der Waals surface area (Å²) in [6.45, 7) is 6.26. The first kappa shape index (κ1) is 18.9. The third-order valence-corrected chi connectivity index (χ3v) is 5.47. The fraction of sp³-hybridized carbons (Fsp3) is 0.438. The molecule has 1 aromatic rings. The van der Waals surface area contributed by atoms with Crippen LogP contribution in [0.3, 0.4) is 0 Å². The van der Waals surface area contributed by atoms with E-state index in [1.54, 1.807) is 4.90 Å². The molecule has 24 heavy (non-hydrogen) atoms. The molecule has 1 aromatic carbocycles. The Balaban J connectivity index is 1.81. The summed E-state index contributed by atoms with van der Waals surface area (Å²) in [5, 5.41) is 1.82. The minimum Gasteiger partial charge on any atom is -0.483 e. The molecular weight excluding hydrogens is 347 g/mol. The molecule has 1 atom stereocenters. The topological polar surface area (TPSA) is 75.7 Å². The molecule has 1 heterocycles. The van der Waals surface area contributed by atoms with Crippen LogP contribution in [0.4, 0.5) is 0 Å². The lowest BCUT2D eigenvalue weighted by molar-refractivity contribution is -0.134. The fourth-order valence-corrected chi connectivity index (χ4v) is 3.80. The average molecular weight is 370 g/mol. The number of carbonyl (C=O) groups excluding carboxylic acids is 1. The molecular formula is C16H23N2O4PS. The van der Waals surface area contributed by atoms with E-state index in [4.69, 9.17) is 4.74 Å². The molecule has 1 unspecified atom stereocenters. The van der Waals surface area contributed by atoms with E-state index in [1.807, 2.05) is 25.1 Å². The lowest BCUT2D eigenvalue weighted by atomic mass is 10.1. The first-order chi connectivity index (χ1) is 11.3. The van der Waals surface area contributed by atoms with Gasteiger partial charge in [0.15, 0.2) is 6.61 Å². The highest BCUT2D eigenvalue weighted by Gasteiger charge is 2.25. The molecule has 6 nitrogen and oxygen atoms in total. The van der Waals surface area contributed by atoms with Crippen molar-refractivity contribution in [1.29, 1.82) is 0 Å². The lowest BCUT2D eigenvalue weighted by Gasteiger charge is -2.32. The van der Waals surface area contributed by atoms with E-state index in [9.17, 15) is 13.2 Å². The Bertz CT molecular complexity index is 713. The molecule has 1 N–H and O–H groups in total. The van der Waals surface area contributed by atoms with Crippen molar-refractivity contribution < 1.29 is 17.9 Å². The van der Waals surface area contributed by atoms with E-state index in [1.165, 1.54) is 0 Å². The molecule has 1 saturated heterocycles. The molecule has 8 heteroatoms. The van der Waals surface area contributed by atoms with Gasteiger partial charge >= 0.3 is 0 Å². The minimum atomic E-state index is -3.43. The standard InChI is InChI=1S/C16H23N2O4PS/c1-3-24(20,21)17-13-6-8-18(9-7-13)16(19)11-22-14-5-4-12(2)10-15(14)23/h3-5,10,13,17H,1,6-9,11,23H2,2H3. The summed E-state index contributed by atoms with van der Waals surface area (Å²) in [6.07, 6.45) is 1.16. The van der Waals surface area contributed by atoms with Crippen molar-refractivity contribution >= 4 is 30.5 Å². The number of nitrogens with zero attached hydrogens (tertiary/aromatic N) is 1. The van der Waals surface area contributed by atoms with Gasteiger partial charge in [-0.05, 0) is 31.9 Å². The summed E-state index contributed by atoms with van der Waals surface area (Å²) < 4.78 is 31.1. The molecule has 1 fully saturated rings. The summed E-state index contributed by atoms with van der Waals surface area (Å²) in [7, 11) is -0.829. The Morgan fingerprint density at radius 1 is 1.46 bits per heavy atom. The van der Waals surface area contributed by atoms with Crippen molar-refractivity contribution in [3.05, 3.63) is 35.7 Å². The maximum absolute atomic E-state index is 12.2. The van der Waals surface area contributed by atoms with Crippen LogP contribution in [0.2, 0.25) is 0 Å². The maximum atomic E-state index is 12.2. The van der Waals surface area contributed by atoms with Gasteiger partial charge in [-0.2, -0.15) is 0 Å². The van der Waals surface area contributed by atoms with Crippen LogP contribution < -0.4 is 14.8 Å². The number of amides is 1. The second kappa shape index (κ2) is 8.10. The summed E-state index contributed by atoms with van der Waals surface area (Å²) in [5.41, 5.74) is 1.13. The highest BCUT2D eigenvalue weighted by molar-refractivity contribution is 7.92. The third kappa shape index (κ3) is 5.30. The first-order valence-corrected chi connectivity index (χ1v) is 9.84. The number of carbonyl (C=O) groups is 1. The van der Waals surface area contributed by atoms with Gasteiger partial charge in [0, 0.05) is 29.8 Å². The number of sulfonamides is 1. The van der Waals surface area contributed by atoms with E-state index in [0.29, 0.717) is 31.7 Å². The van der Waals surface area contributed by atoms with Crippen LogP contribution in [0.1, 0.15) is 18.4 Å². The molecule has 1 aliphatic rings. The molecule has 132 valence electrons. The lowest BCUT2D eigenvalue weighted by Crippen LogP contribution is -2.47. The van der Waals surface area contributed by atoms with E-state index in [0.717, 1.165) is 16.3 Å². The summed E-state index contributed by atoms with van der Waals surface area (Å²) in [6, 6.07) is 5.60. The Hall–Kier alpha value is -1.43. The summed E-state index contributed by atoms with van der Waals surface area (Å²) in [4.78, 5) is 13.9. The third-order valence-electron chi connectivity index (χ3n) is 3.91. The zero-order valence-corrected chi connectivity index (χ0v) is 15.7. The van der Waals surface area contributed by atoms with Gasteiger partial charge in [-0.3, -0.25) is 4.79 Å². The number of likely N-dealkylation sites (tertiary alicyclic amines) is 1. The van der Waals surface area contributed by atoms with Crippen LogP contribution in [0.15, 0.2) is 30.2 Å². The molecule has 1 aliphatic heterocycles. The number of piperidine rings is 1. The Morgan fingerprint density at radius 3 is 2.71 bits per heavy atom. The van der Waals surface area contributed by atoms with Gasteiger partial charge in [0.1, 0.15) is 5.75 Å². The number of aryl methyl sites for hydroxylation is 1. The summed E-state index contributed by atoms with van der Waals surface area (Å²) >= 11 is 0. The average Bonchev–Trinajstić information content (AvgIpc) is 2.54. The van der Waals surface area contributed by atoms with Crippen LogP contribution in [0, 0.1) is 6.92 Å². The number of hydrogen-bond donors (Lipinski definition) is 1. The number of rotatable bonds is 6. The minimum absolute atomic E-state index is 0.0203. The van der Waals surface area contributed by atoms with Crippen molar-refractivity contribution in [3.63, 3.8) is 0 Å². The summed E-state index contributed by atoms with van der Waals surface area (Å²) in [5.74, 6) is 0.581.